The molecule has 0 spiro atoms. The summed E-state index contributed by atoms with van der Waals surface area (Å²) in [6.07, 6.45) is 7.44. The van der Waals surface area contributed by atoms with Gasteiger partial charge in [0.1, 0.15) is 0 Å². The van der Waals surface area contributed by atoms with Gasteiger partial charge in [-0.15, -0.1) is 0 Å². The molecule has 0 aromatic heterocycles. The van der Waals surface area contributed by atoms with Crippen LogP contribution in [-0.2, 0) is 36.1 Å². The van der Waals surface area contributed by atoms with Gasteiger partial charge < -0.3 is 0 Å². The predicted molar refractivity (Wildman–Crippen MR) is 223 cm³/mol. The molecule has 2 aliphatic carbocycles. The SMILES string of the molecule is CP(C)C1=Cc2c(-c3ccccc3)cccc2[CH]1[Zr][CH]1C(P(C)C)=Cc2c(-c3ccccc3)cccc21.c1ccc(CCc2ccccc2)cc1. The number of fused-ring (bicyclic) bond motifs is 2. The molecule has 0 N–H and O–H groups in total. The van der Waals surface area contributed by atoms with Gasteiger partial charge in [-0.1, -0.05) is 60.7 Å². The van der Waals surface area contributed by atoms with Crippen LogP contribution in [0.25, 0.3) is 34.4 Å². The van der Waals surface area contributed by atoms with Crippen molar-refractivity contribution in [1.82, 2.24) is 0 Å². The fraction of sp³-hybridized carbons (Fsp3) is 0.167. The van der Waals surface area contributed by atoms with Crippen LogP contribution in [0.2, 0.25) is 0 Å². The third-order valence-corrected chi connectivity index (χ3v) is 18.7. The average Bonchev–Trinajstić information content (AvgIpc) is 3.75. The van der Waals surface area contributed by atoms with Crippen molar-refractivity contribution in [3.8, 4) is 22.3 Å². The Morgan fingerprint density at radius 2 is 0.765 bits per heavy atom. The van der Waals surface area contributed by atoms with E-state index >= 15 is 0 Å². The molecule has 3 heteroatoms. The summed E-state index contributed by atoms with van der Waals surface area (Å²) in [6, 6.07) is 57.3. The first-order valence-electron chi connectivity index (χ1n) is 18.0. The molecule has 0 heterocycles. The summed E-state index contributed by atoms with van der Waals surface area (Å²) in [5, 5.41) is 3.45. The molecule has 0 bridgehead atoms. The molecule has 0 nitrogen and oxygen atoms in total. The zero-order chi connectivity index (χ0) is 35.2. The predicted octanol–water partition coefficient (Wildman–Crippen LogP) is 13.5. The normalized spacial score (nSPS) is 15.8. The second kappa shape index (κ2) is 16.9. The third-order valence-electron chi connectivity index (χ3n) is 10.0. The Labute approximate surface area is 319 Å². The first-order valence-corrected chi connectivity index (χ1v) is 25.3. The van der Waals surface area contributed by atoms with Crippen LogP contribution in [0.4, 0.5) is 0 Å². The van der Waals surface area contributed by atoms with Crippen LogP contribution in [-0.4, -0.2) is 26.7 Å². The van der Waals surface area contributed by atoms with E-state index in [2.05, 4.69) is 197 Å². The average molecular weight is 776 g/mol. The van der Waals surface area contributed by atoms with E-state index in [0.717, 1.165) is 12.8 Å². The molecule has 51 heavy (non-hydrogen) atoms. The second-order valence-corrected chi connectivity index (χ2v) is 22.0. The smallest absolute Gasteiger partial charge is 0.0238 e. The Morgan fingerprint density at radius 1 is 0.412 bits per heavy atom. The van der Waals surface area contributed by atoms with Crippen molar-refractivity contribution in [1.29, 1.82) is 0 Å². The van der Waals surface area contributed by atoms with Crippen molar-refractivity contribution in [3.63, 3.8) is 0 Å². The summed E-state index contributed by atoms with van der Waals surface area (Å²) in [5.74, 6) is 0. The van der Waals surface area contributed by atoms with E-state index < -0.39 is 23.2 Å². The molecule has 0 radical (unpaired) electrons. The number of rotatable bonds is 9. The molecule has 0 saturated carbocycles. The Kier molecular flexibility index (Phi) is 11.9. The van der Waals surface area contributed by atoms with Gasteiger partial charge in [-0.25, -0.2) is 0 Å². The maximum atomic E-state index is 2.59. The molecule has 6 aromatic rings. The zero-order valence-corrected chi connectivity index (χ0v) is 34.4. The van der Waals surface area contributed by atoms with Crippen LogP contribution in [0.5, 0.6) is 0 Å². The molecule has 8 rings (SSSR count). The van der Waals surface area contributed by atoms with E-state index in [1.165, 1.54) is 44.5 Å². The molecule has 2 aliphatic rings. The van der Waals surface area contributed by atoms with Gasteiger partial charge >= 0.3 is 237 Å². The van der Waals surface area contributed by atoms with Gasteiger partial charge in [0.2, 0.25) is 0 Å². The van der Waals surface area contributed by atoms with Gasteiger partial charge in [0, 0.05) is 0 Å². The van der Waals surface area contributed by atoms with Crippen molar-refractivity contribution < 1.29 is 23.2 Å². The summed E-state index contributed by atoms with van der Waals surface area (Å²) < 4.78 is 1.30. The minimum absolute atomic E-state index is 0.139. The van der Waals surface area contributed by atoms with Crippen LogP contribution >= 0.6 is 15.8 Å². The van der Waals surface area contributed by atoms with Crippen molar-refractivity contribution in [2.45, 2.75) is 20.1 Å². The molecule has 0 saturated heterocycles. The largest absolute Gasteiger partial charge is 0.0622 e. The molecule has 0 aliphatic heterocycles. The van der Waals surface area contributed by atoms with Crippen LogP contribution in [0.15, 0.2) is 168 Å². The molecule has 252 valence electrons. The summed E-state index contributed by atoms with van der Waals surface area (Å²) in [6.45, 7) is 9.84. The van der Waals surface area contributed by atoms with E-state index in [0.29, 0.717) is 7.25 Å². The molecule has 6 aromatic carbocycles. The summed E-state index contributed by atoms with van der Waals surface area (Å²) in [4.78, 5) is 0. The molecule has 2 unspecified atom stereocenters. The topological polar surface area (TPSA) is 0 Å². The van der Waals surface area contributed by atoms with Gasteiger partial charge in [-0.3, -0.25) is 0 Å². The van der Waals surface area contributed by atoms with Crippen molar-refractivity contribution in [3.05, 3.63) is 202 Å². The van der Waals surface area contributed by atoms with E-state index in [4.69, 9.17) is 0 Å². The number of allylic oxidation sites excluding steroid dienone is 2. The maximum Gasteiger partial charge on any atom is -0.0238 e. The van der Waals surface area contributed by atoms with Crippen molar-refractivity contribution >= 4 is 28.0 Å². The number of hydrogen-bond donors (Lipinski definition) is 0. The summed E-state index contributed by atoms with van der Waals surface area (Å²) in [7, 11) is -0.277. The van der Waals surface area contributed by atoms with Crippen LogP contribution < -0.4 is 0 Å². The molecule has 0 amide bonds. The Hall–Kier alpha value is -3.46. The van der Waals surface area contributed by atoms with Gasteiger partial charge in [0.15, 0.2) is 0 Å². The maximum absolute atomic E-state index is 2.59. The Morgan fingerprint density at radius 3 is 1.12 bits per heavy atom. The Balaban J connectivity index is 0.000000243. The van der Waals surface area contributed by atoms with E-state index in [9.17, 15) is 0 Å². The van der Waals surface area contributed by atoms with Gasteiger partial charge in [0.05, 0.1) is 0 Å². The van der Waals surface area contributed by atoms with Gasteiger partial charge in [-0.2, -0.15) is 0 Å². The number of aryl methyl sites for hydroxylation is 2. The first-order chi connectivity index (χ1) is 25.0. The van der Waals surface area contributed by atoms with E-state index in [1.54, 1.807) is 21.8 Å². The van der Waals surface area contributed by atoms with Crippen LogP contribution in [0.1, 0.15) is 40.6 Å². The van der Waals surface area contributed by atoms with E-state index in [1.807, 2.05) is 0 Å². The van der Waals surface area contributed by atoms with Crippen LogP contribution in [0, 0.1) is 0 Å². The second-order valence-electron chi connectivity index (χ2n) is 13.8. The molecular weight excluding hydrogens is 730 g/mol. The van der Waals surface area contributed by atoms with Gasteiger partial charge in [-0.05, 0) is 24.0 Å². The summed E-state index contributed by atoms with van der Waals surface area (Å²) >= 11 is -0.908. The number of benzene rings is 6. The molecular formula is C48H46P2Zr. The quantitative estimate of drug-likeness (QED) is 0.128. The Bertz CT molecular complexity index is 1960. The minimum Gasteiger partial charge on any atom is -0.0622 e. The van der Waals surface area contributed by atoms with Crippen molar-refractivity contribution in [2.24, 2.45) is 0 Å². The standard InChI is InChI=1S/2C17H16P.C14H14.Zr/c2*1-18(2)15-11-14-9-6-10-16(17(14)12-15)13-7-4-3-5-8-13;1-3-7-13(8-4-1)11-12-14-9-5-2-6-10-14;/h2*3-12H,1-2H3;1-10H,11-12H2;. The molecule has 2 atom stereocenters. The first kappa shape index (κ1) is 35.9. The fourth-order valence-corrected chi connectivity index (χ4v) is 18.3. The minimum atomic E-state index is -0.908. The number of hydrogen-bond acceptors (Lipinski definition) is 0. The van der Waals surface area contributed by atoms with E-state index in [-0.39, 0.29) is 15.8 Å². The fourth-order valence-electron chi connectivity index (χ4n) is 7.38. The van der Waals surface area contributed by atoms with Gasteiger partial charge in [0.25, 0.3) is 0 Å². The third kappa shape index (κ3) is 8.29. The zero-order valence-electron chi connectivity index (χ0n) is 30.1. The summed E-state index contributed by atoms with van der Waals surface area (Å²) in [5.41, 5.74) is 14.5. The van der Waals surface area contributed by atoms with Crippen molar-refractivity contribution in [2.75, 3.05) is 26.7 Å². The van der Waals surface area contributed by atoms with Crippen LogP contribution in [0.3, 0.4) is 0 Å². The monoisotopic (exact) mass is 774 g/mol. The molecule has 0 fully saturated rings.